The van der Waals surface area contributed by atoms with E-state index in [1.165, 1.54) is 23.2 Å². The van der Waals surface area contributed by atoms with Crippen molar-refractivity contribution in [2.75, 3.05) is 11.9 Å². The first-order valence-corrected chi connectivity index (χ1v) is 10.3. The standard InChI is InChI=1S/C23H15F7N4O/c24-18-4-2-1-3-16(18)15-5-6-31-20-17(15)11-34-19(10-32-20)33-35-21(34)12-7-13(22(25,26)27)9-14(8-12)23(28,29)30/h1-9,21H,10-11H2,(H,31,32). The molecular formula is C23H15F7N4O. The van der Waals surface area contributed by atoms with Crippen LogP contribution in [0.25, 0.3) is 11.1 Å². The quantitative estimate of drug-likeness (QED) is 0.430. The van der Waals surface area contributed by atoms with Crippen LogP contribution in [-0.4, -0.2) is 22.3 Å². The van der Waals surface area contributed by atoms with Gasteiger partial charge < -0.3 is 15.1 Å². The predicted molar refractivity (Wildman–Crippen MR) is 111 cm³/mol. The van der Waals surface area contributed by atoms with Gasteiger partial charge in [0.2, 0.25) is 6.23 Å². The second-order valence-electron chi connectivity index (χ2n) is 7.95. The minimum Gasteiger partial charge on any atom is -0.364 e. The maximum Gasteiger partial charge on any atom is 0.416 e. The van der Waals surface area contributed by atoms with Crippen LogP contribution in [0.1, 0.15) is 28.5 Å². The van der Waals surface area contributed by atoms with Crippen molar-refractivity contribution in [1.82, 2.24) is 9.88 Å². The van der Waals surface area contributed by atoms with E-state index in [0.717, 1.165) is 0 Å². The number of pyridine rings is 1. The number of oxime groups is 1. The number of nitrogens with zero attached hydrogens (tertiary/aromatic N) is 3. The maximum absolute atomic E-state index is 14.6. The van der Waals surface area contributed by atoms with E-state index in [9.17, 15) is 30.7 Å². The van der Waals surface area contributed by atoms with Gasteiger partial charge in [-0.15, -0.1) is 0 Å². The number of alkyl halides is 6. The largest absolute Gasteiger partial charge is 0.416 e. The number of amidine groups is 1. The topological polar surface area (TPSA) is 49.8 Å². The molecule has 3 aromatic rings. The van der Waals surface area contributed by atoms with Crippen molar-refractivity contribution < 1.29 is 35.6 Å². The van der Waals surface area contributed by atoms with Gasteiger partial charge in [-0.05, 0) is 35.9 Å². The monoisotopic (exact) mass is 496 g/mol. The lowest BCUT2D eigenvalue weighted by Crippen LogP contribution is -2.32. The van der Waals surface area contributed by atoms with Crippen LogP contribution in [0.15, 0.2) is 59.9 Å². The lowest BCUT2D eigenvalue weighted by molar-refractivity contribution is -0.143. The third-order valence-electron chi connectivity index (χ3n) is 5.73. The van der Waals surface area contributed by atoms with Gasteiger partial charge in [0.05, 0.1) is 24.2 Å². The molecule has 0 saturated carbocycles. The Morgan fingerprint density at radius 2 is 1.60 bits per heavy atom. The molecule has 3 heterocycles. The fourth-order valence-electron chi connectivity index (χ4n) is 4.10. The van der Waals surface area contributed by atoms with Crippen molar-refractivity contribution in [2.45, 2.75) is 25.1 Å². The zero-order chi connectivity index (χ0) is 25.0. The fraction of sp³-hybridized carbons (Fsp3) is 0.217. The van der Waals surface area contributed by atoms with E-state index >= 15 is 0 Å². The third-order valence-corrected chi connectivity index (χ3v) is 5.73. The highest BCUT2D eigenvalue weighted by molar-refractivity contribution is 5.89. The average Bonchev–Trinajstić information content (AvgIpc) is 3.10. The number of benzene rings is 2. The van der Waals surface area contributed by atoms with Gasteiger partial charge in [-0.3, -0.25) is 0 Å². The summed E-state index contributed by atoms with van der Waals surface area (Å²) in [6.07, 6.45) is -9.91. The Balaban J connectivity index is 1.59. The predicted octanol–water partition coefficient (Wildman–Crippen LogP) is 6.20. The minimum atomic E-state index is -5.01. The highest BCUT2D eigenvalue weighted by Gasteiger charge is 2.41. The third kappa shape index (κ3) is 4.24. The van der Waals surface area contributed by atoms with Crippen LogP contribution in [-0.2, 0) is 23.7 Å². The SMILES string of the molecule is Fc1ccccc1-c1ccnc2c1CN1C(=NOC1c1cc(C(F)(F)F)cc(C(F)(F)F)c1)CN2. The Morgan fingerprint density at radius 3 is 2.26 bits per heavy atom. The molecule has 1 atom stereocenters. The first-order valence-electron chi connectivity index (χ1n) is 10.3. The number of halogens is 7. The first kappa shape index (κ1) is 22.9. The normalized spacial score (nSPS) is 17.6. The van der Waals surface area contributed by atoms with Gasteiger partial charge in [-0.1, -0.05) is 23.4 Å². The lowest BCUT2D eigenvalue weighted by atomic mass is 9.99. The summed E-state index contributed by atoms with van der Waals surface area (Å²) in [6, 6.07) is 8.87. The molecule has 5 nitrogen and oxygen atoms in total. The molecular weight excluding hydrogens is 481 g/mol. The number of fused-ring (bicyclic) bond motifs is 2. The molecule has 2 aliphatic heterocycles. The zero-order valence-electron chi connectivity index (χ0n) is 17.6. The van der Waals surface area contributed by atoms with Gasteiger partial charge in [-0.2, -0.15) is 26.3 Å². The van der Waals surface area contributed by atoms with E-state index in [4.69, 9.17) is 4.84 Å². The molecule has 2 aliphatic rings. The summed E-state index contributed by atoms with van der Waals surface area (Å²) >= 11 is 0. The summed E-state index contributed by atoms with van der Waals surface area (Å²) in [6.45, 7) is -0.0107. The van der Waals surface area contributed by atoms with Gasteiger partial charge in [-0.25, -0.2) is 9.37 Å². The number of rotatable bonds is 2. The van der Waals surface area contributed by atoms with Crippen LogP contribution < -0.4 is 5.32 Å². The Morgan fingerprint density at radius 1 is 0.914 bits per heavy atom. The molecule has 1 aromatic heterocycles. The van der Waals surface area contributed by atoms with Crippen molar-refractivity contribution in [3.63, 3.8) is 0 Å². The Hall–Kier alpha value is -3.83. The van der Waals surface area contributed by atoms with Crippen molar-refractivity contribution in [3.05, 3.63) is 82.8 Å². The van der Waals surface area contributed by atoms with Gasteiger partial charge in [0.25, 0.3) is 0 Å². The second kappa shape index (κ2) is 8.14. The smallest absolute Gasteiger partial charge is 0.364 e. The van der Waals surface area contributed by atoms with Crippen LogP contribution in [0, 0.1) is 5.82 Å². The van der Waals surface area contributed by atoms with Gasteiger partial charge >= 0.3 is 12.4 Å². The number of aromatic nitrogens is 1. The molecule has 1 N–H and O–H groups in total. The van der Waals surface area contributed by atoms with Crippen LogP contribution in [0.5, 0.6) is 0 Å². The molecule has 0 saturated heterocycles. The summed E-state index contributed by atoms with van der Waals surface area (Å²) in [7, 11) is 0. The fourth-order valence-corrected chi connectivity index (χ4v) is 4.10. The molecule has 1 unspecified atom stereocenters. The van der Waals surface area contributed by atoms with E-state index in [0.29, 0.717) is 29.1 Å². The Bertz CT molecular complexity index is 1290. The van der Waals surface area contributed by atoms with Crippen molar-refractivity contribution in [3.8, 4) is 11.1 Å². The second-order valence-corrected chi connectivity index (χ2v) is 7.95. The molecule has 0 spiro atoms. The maximum atomic E-state index is 14.6. The van der Waals surface area contributed by atoms with Crippen LogP contribution >= 0.6 is 0 Å². The van der Waals surface area contributed by atoms with E-state index in [1.807, 2.05) is 0 Å². The Labute approximate surface area is 193 Å². The molecule has 0 bridgehead atoms. The Kier molecular flexibility index (Phi) is 5.33. The summed E-state index contributed by atoms with van der Waals surface area (Å²) in [5.74, 6) is 0.140. The average molecular weight is 496 g/mol. The van der Waals surface area contributed by atoms with Crippen LogP contribution in [0.2, 0.25) is 0 Å². The molecule has 5 rings (SSSR count). The summed E-state index contributed by atoms with van der Waals surface area (Å²) in [5, 5.41) is 6.90. The summed E-state index contributed by atoms with van der Waals surface area (Å²) < 4.78 is 94.9. The number of hydrogen-bond donors (Lipinski definition) is 1. The van der Waals surface area contributed by atoms with Crippen molar-refractivity contribution >= 4 is 11.7 Å². The molecule has 12 heteroatoms. The minimum absolute atomic E-state index is 0.0440. The molecule has 35 heavy (non-hydrogen) atoms. The zero-order valence-corrected chi connectivity index (χ0v) is 17.6. The van der Waals surface area contributed by atoms with E-state index in [-0.39, 0.29) is 36.1 Å². The molecule has 0 radical (unpaired) electrons. The molecule has 0 aliphatic carbocycles. The van der Waals surface area contributed by atoms with E-state index in [2.05, 4.69) is 15.5 Å². The van der Waals surface area contributed by atoms with Gasteiger partial charge in [0, 0.05) is 22.9 Å². The van der Waals surface area contributed by atoms with Crippen molar-refractivity contribution in [1.29, 1.82) is 0 Å². The van der Waals surface area contributed by atoms with Crippen molar-refractivity contribution in [2.24, 2.45) is 5.16 Å². The van der Waals surface area contributed by atoms with Crippen LogP contribution in [0.4, 0.5) is 36.6 Å². The first-order chi connectivity index (χ1) is 16.5. The van der Waals surface area contributed by atoms with Crippen LogP contribution in [0.3, 0.4) is 0 Å². The highest BCUT2D eigenvalue weighted by Crippen LogP contribution is 2.41. The molecule has 0 amide bonds. The molecule has 2 aromatic carbocycles. The number of hydrogen-bond acceptors (Lipinski definition) is 5. The highest BCUT2D eigenvalue weighted by atomic mass is 19.4. The lowest BCUT2D eigenvalue weighted by Gasteiger charge is -2.26. The molecule has 0 fully saturated rings. The van der Waals surface area contributed by atoms with Gasteiger partial charge in [0.15, 0.2) is 5.84 Å². The summed E-state index contributed by atoms with van der Waals surface area (Å²) in [5.41, 5.74) is -2.06. The number of anilines is 1. The summed E-state index contributed by atoms with van der Waals surface area (Å²) in [4.78, 5) is 11.0. The van der Waals surface area contributed by atoms with E-state index < -0.39 is 35.5 Å². The molecule has 182 valence electrons. The van der Waals surface area contributed by atoms with E-state index in [1.54, 1.807) is 18.2 Å². The number of nitrogens with one attached hydrogen (secondary N) is 1. The van der Waals surface area contributed by atoms with Gasteiger partial charge in [0.1, 0.15) is 11.6 Å².